The van der Waals surface area contributed by atoms with Gasteiger partial charge >= 0.3 is 5.97 Å². The number of hydrogen-bond donors (Lipinski definition) is 3. The summed E-state index contributed by atoms with van der Waals surface area (Å²) in [7, 11) is 0. The fourth-order valence-corrected chi connectivity index (χ4v) is 4.83. The van der Waals surface area contributed by atoms with E-state index in [-0.39, 0.29) is 23.5 Å². The first-order chi connectivity index (χ1) is 17.2. The van der Waals surface area contributed by atoms with Gasteiger partial charge in [-0.2, -0.15) is 0 Å². The lowest BCUT2D eigenvalue weighted by molar-refractivity contribution is -0.141. The highest BCUT2D eigenvalue weighted by molar-refractivity contribution is 5.84. The molecule has 1 amide bonds. The predicted molar refractivity (Wildman–Crippen MR) is 148 cm³/mol. The maximum atomic E-state index is 12.0. The summed E-state index contributed by atoms with van der Waals surface area (Å²) >= 11 is 0. The van der Waals surface area contributed by atoms with Gasteiger partial charge in [-0.15, -0.1) is 0 Å². The van der Waals surface area contributed by atoms with E-state index in [4.69, 9.17) is 9.84 Å². The Bertz CT molecular complexity index is 1080. The van der Waals surface area contributed by atoms with Crippen molar-refractivity contribution in [2.24, 2.45) is 5.41 Å². The Balaban J connectivity index is 2.24. The topological polar surface area (TPSA) is 95.9 Å². The van der Waals surface area contributed by atoms with Crippen LogP contribution in [0.4, 0.5) is 0 Å². The van der Waals surface area contributed by atoms with Crippen molar-refractivity contribution in [2.75, 3.05) is 6.61 Å². The molecule has 0 bridgehead atoms. The van der Waals surface area contributed by atoms with Gasteiger partial charge in [-0.25, -0.2) is 0 Å². The van der Waals surface area contributed by atoms with Gasteiger partial charge in [-0.3, -0.25) is 9.59 Å². The number of aryl methyl sites for hydroxylation is 3. The summed E-state index contributed by atoms with van der Waals surface area (Å²) in [5.74, 6) is -0.956. The van der Waals surface area contributed by atoms with Crippen LogP contribution in [0, 0.1) is 19.3 Å². The first-order valence-corrected chi connectivity index (χ1v) is 13.3. The second kappa shape index (κ2) is 12.6. The number of carboxylic acid groups (broad SMARTS) is 1. The standard InChI is InChI=1S/C31H45NO5/c1-9-31(10-2,24-13-11-23(20(3)17-24)12-16-27(33)30(6,7)8)25-14-15-26(21(4)18-25)37-19-28(34)32-22(5)29(35)36/h11,13-15,17-18,22,27,33H,9-10,12,16,19H2,1-8H3,(H,32,34)(H,35,36)/t22-,27?/m1/s1. The molecule has 204 valence electrons. The third-order valence-corrected chi connectivity index (χ3v) is 7.62. The van der Waals surface area contributed by atoms with Gasteiger partial charge in [-0.1, -0.05) is 65.0 Å². The summed E-state index contributed by atoms with van der Waals surface area (Å²) in [6.45, 7) is 15.9. The lowest BCUT2D eigenvalue weighted by Crippen LogP contribution is -2.40. The average Bonchev–Trinajstić information content (AvgIpc) is 2.83. The minimum absolute atomic E-state index is 0.123. The number of carbonyl (C=O) groups is 2. The van der Waals surface area contributed by atoms with Crippen LogP contribution in [-0.2, 0) is 21.4 Å². The molecule has 0 fully saturated rings. The minimum Gasteiger partial charge on any atom is -0.484 e. The Hall–Kier alpha value is -2.86. The monoisotopic (exact) mass is 511 g/mol. The van der Waals surface area contributed by atoms with Crippen LogP contribution < -0.4 is 10.1 Å². The number of aliphatic hydroxyl groups excluding tert-OH is 1. The molecule has 0 aliphatic heterocycles. The van der Waals surface area contributed by atoms with E-state index in [2.05, 4.69) is 77.2 Å². The molecule has 0 aromatic heterocycles. The van der Waals surface area contributed by atoms with E-state index in [9.17, 15) is 14.7 Å². The van der Waals surface area contributed by atoms with Crippen molar-refractivity contribution in [1.82, 2.24) is 5.32 Å². The molecular formula is C31H45NO5. The largest absolute Gasteiger partial charge is 0.484 e. The number of benzene rings is 2. The molecule has 3 N–H and O–H groups in total. The van der Waals surface area contributed by atoms with Gasteiger partial charge in [0.1, 0.15) is 11.8 Å². The van der Waals surface area contributed by atoms with Gasteiger partial charge < -0.3 is 20.3 Å². The normalized spacial score (nSPS) is 13.6. The lowest BCUT2D eigenvalue weighted by atomic mass is 9.69. The molecular weight excluding hydrogens is 466 g/mol. The van der Waals surface area contributed by atoms with E-state index < -0.39 is 17.9 Å². The average molecular weight is 512 g/mol. The smallest absolute Gasteiger partial charge is 0.325 e. The number of hydrogen-bond acceptors (Lipinski definition) is 4. The van der Waals surface area contributed by atoms with Crippen molar-refractivity contribution in [1.29, 1.82) is 0 Å². The first-order valence-electron chi connectivity index (χ1n) is 13.3. The molecule has 0 saturated carbocycles. The molecule has 0 heterocycles. The van der Waals surface area contributed by atoms with Crippen LogP contribution in [0.15, 0.2) is 36.4 Å². The van der Waals surface area contributed by atoms with E-state index in [1.807, 2.05) is 13.0 Å². The molecule has 2 atom stereocenters. The third kappa shape index (κ3) is 7.57. The number of aliphatic hydroxyl groups is 1. The molecule has 0 aliphatic rings. The quantitative estimate of drug-likeness (QED) is 0.339. The highest BCUT2D eigenvalue weighted by Gasteiger charge is 2.31. The van der Waals surface area contributed by atoms with Crippen LogP contribution in [0.3, 0.4) is 0 Å². The first kappa shape index (κ1) is 30.4. The predicted octanol–water partition coefficient (Wildman–Crippen LogP) is 5.72. The Morgan fingerprint density at radius 2 is 1.54 bits per heavy atom. The van der Waals surface area contributed by atoms with Gasteiger partial charge in [0, 0.05) is 5.41 Å². The summed E-state index contributed by atoms with van der Waals surface area (Å²) < 4.78 is 5.70. The molecule has 6 heteroatoms. The number of aliphatic carboxylic acids is 1. The van der Waals surface area contributed by atoms with Gasteiger partial charge in [0.25, 0.3) is 5.91 Å². The van der Waals surface area contributed by atoms with Gasteiger partial charge in [0.05, 0.1) is 6.10 Å². The number of carboxylic acids is 1. The van der Waals surface area contributed by atoms with E-state index in [0.29, 0.717) is 5.75 Å². The van der Waals surface area contributed by atoms with Crippen LogP contribution in [0.1, 0.15) is 88.6 Å². The van der Waals surface area contributed by atoms with Crippen LogP contribution >= 0.6 is 0 Å². The number of amides is 1. The zero-order chi connectivity index (χ0) is 28.0. The third-order valence-electron chi connectivity index (χ3n) is 7.62. The van der Waals surface area contributed by atoms with E-state index in [1.165, 1.54) is 29.2 Å². The maximum Gasteiger partial charge on any atom is 0.325 e. The molecule has 0 saturated heterocycles. The highest BCUT2D eigenvalue weighted by Crippen LogP contribution is 2.41. The molecule has 0 spiro atoms. The van der Waals surface area contributed by atoms with Crippen LogP contribution in [0.25, 0.3) is 0 Å². The summed E-state index contributed by atoms with van der Waals surface area (Å²) in [5.41, 5.74) is 5.61. The van der Waals surface area contributed by atoms with E-state index in [1.54, 1.807) is 0 Å². The van der Waals surface area contributed by atoms with Crippen LogP contribution in [0.5, 0.6) is 5.75 Å². The highest BCUT2D eigenvalue weighted by atomic mass is 16.5. The van der Waals surface area contributed by atoms with Crippen molar-refractivity contribution >= 4 is 11.9 Å². The van der Waals surface area contributed by atoms with Gasteiger partial charge in [-0.05, 0) is 85.8 Å². The van der Waals surface area contributed by atoms with E-state index in [0.717, 1.165) is 31.2 Å². The van der Waals surface area contributed by atoms with Crippen molar-refractivity contribution in [3.63, 3.8) is 0 Å². The SMILES string of the molecule is CCC(CC)(c1ccc(CCC(O)C(C)(C)C)c(C)c1)c1ccc(OCC(=O)N[C@H](C)C(=O)O)c(C)c1. The van der Waals surface area contributed by atoms with Crippen molar-refractivity contribution in [3.8, 4) is 5.75 Å². The van der Waals surface area contributed by atoms with Crippen LogP contribution in [-0.4, -0.2) is 40.8 Å². The molecule has 2 aromatic rings. The second-order valence-electron chi connectivity index (χ2n) is 11.2. The van der Waals surface area contributed by atoms with Crippen molar-refractivity contribution in [2.45, 2.75) is 98.6 Å². The fraction of sp³-hybridized carbons (Fsp3) is 0.548. The number of carbonyl (C=O) groups excluding carboxylic acids is 1. The molecule has 0 aliphatic carbocycles. The fourth-order valence-electron chi connectivity index (χ4n) is 4.83. The Labute approximate surface area is 222 Å². The molecule has 0 radical (unpaired) electrons. The Morgan fingerprint density at radius 1 is 0.973 bits per heavy atom. The molecule has 6 nitrogen and oxygen atoms in total. The van der Waals surface area contributed by atoms with Crippen molar-refractivity contribution < 1.29 is 24.5 Å². The van der Waals surface area contributed by atoms with Gasteiger partial charge in [0.2, 0.25) is 0 Å². The summed E-state index contributed by atoms with van der Waals surface area (Å²) in [6, 6.07) is 11.9. The van der Waals surface area contributed by atoms with Crippen molar-refractivity contribution in [3.05, 3.63) is 64.2 Å². The molecule has 2 rings (SSSR count). The summed E-state index contributed by atoms with van der Waals surface area (Å²) in [5, 5.41) is 21.8. The summed E-state index contributed by atoms with van der Waals surface area (Å²) in [4.78, 5) is 23.0. The zero-order valence-electron chi connectivity index (χ0n) is 23.8. The van der Waals surface area contributed by atoms with Gasteiger partial charge in [0.15, 0.2) is 6.61 Å². The zero-order valence-corrected chi connectivity index (χ0v) is 23.8. The number of ether oxygens (including phenoxy) is 1. The Morgan fingerprint density at radius 3 is 2.03 bits per heavy atom. The molecule has 37 heavy (non-hydrogen) atoms. The second-order valence-corrected chi connectivity index (χ2v) is 11.2. The van der Waals surface area contributed by atoms with Crippen LogP contribution in [0.2, 0.25) is 0 Å². The maximum absolute atomic E-state index is 12.0. The summed E-state index contributed by atoms with van der Waals surface area (Å²) in [6.07, 6.45) is 3.11. The Kier molecular flexibility index (Phi) is 10.3. The minimum atomic E-state index is -1.09. The van der Waals surface area contributed by atoms with E-state index >= 15 is 0 Å². The number of nitrogens with one attached hydrogen (secondary N) is 1. The molecule has 1 unspecified atom stereocenters. The lowest BCUT2D eigenvalue weighted by Gasteiger charge is -2.34. The number of rotatable bonds is 12. The molecule has 2 aromatic carbocycles.